The van der Waals surface area contributed by atoms with Crippen molar-refractivity contribution in [3.05, 3.63) is 48.3 Å². The van der Waals surface area contributed by atoms with Crippen molar-refractivity contribution in [3.63, 3.8) is 0 Å². The first-order valence-corrected chi connectivity index (χ1v) is 6.70. The van der Waals surface area contributed by atoms with Gasteiger partial charge in [0, 0.05) is 31.1 Å². The van der Waals surface area contributed by atoms with Crippen molar-refractivity contribution in [3.8, 4) is 17.6 Å². The molecule has 0 fully saturated rings. The molecule has 1 unspecified atom stereocenters. The highest BCUT2D eigenvalue weighted by Crippen LogP contribution is 2.23. The summed E-state index contributed by atoms with van der Waals surface area (Å²) in [5, 5.41) is 21.0. The summed E-state index contributed by atoms with van der Waals surface area (Å²) in [6.45, 7) is 2.85. The van der Waals surface area contributed by atoms with E-state index in [-0.39, 0.29) is 12.5 Å². The molecule has 2 aromatic rings. The van der Waals surface area contributed by atoms with Crippen LogP contribution in [0, 0.1) is 17.2 Å². The molecule has 5 nitrogen and oxygen atoms in total. The minimum Gasteiger partial charge on any atom is -0.457 e. The van der Waals surface area contributed by atoms with Gasteiger partial charge in [-0.15, -0.1) is 0 Å². The van der Waals surface area contributed by atoms with E-state index in [4.69, 9.17) is 15.1 Å². The van der Waals surface area contributed by atoms with E-state index in [2.05, 4.69) is 10.3 Å². The van der Waals surface area contributed by atoms with E-state index in [1.165, 1.54) is 0 Å². The quantitative estimate of drug-likeness (QED) is 0.852. The average Bonchev–Trinajstić information content (AvgIpc) is 2.54. The summed E-state index contributed by atoms with van der Waals surface area (Å²) < 4.78 is 5.66. The van der Waals surface area contributed by atoms with E-state index in [1.54, 1.807) is 18.3 Å². The number of anilines is 1. The predicted octanol–water partition coefficient (Wildman–Crippen LogP) is 2.79. The molecule has 1 heterocycles. The molecule has 0 saturated heterocycles. The normalized spacial score (nSPS) is 11.5. The fraction of sp³-hybridized carbons (Fsp3) is 0.250. The molecule has 2 rings (SSSR count). The van der Waals surface area contributed by atoms with Gasteiger partial charge in [-0.2, -0.15) is 5.26 Å². The zero-order chi connectivity index (χ0) is 15.1. The van der Waals surface area contributed by atoms with Crippen molar-refractivity contribution in [2.24, 2.45) is 5.92 Å². The van der Waals surface area contributed by atoms with Gasteiger partial charge >= 0.3 is 0 Å². The third-order valence-corrected chi connectivity index (χ3v) is 2.90. The van der Waals surface area contributed by atoms with Gasteiger partial charge in [-0.05, 0) is 36.2 Å². The number of hydrogen-bond donors (Lipinski definition) is 2. The standard InChI is InChI=1S/C16H17N3O2/c1-12(11-20)10-19-13-2-4-15(5-3-13)21-16-6-7-18-14(8-16)9-17/h2-8,12,19-20H,10-11H2,1H3. The summed E-state index contributed by atoms with van der Waals surface area (Å²) in [6.07, 6.45) is 1.54. The largest absolute Gasteiger partial charge is 0.457 e. The molecule has 1 aromatic heterocycles. The van der Waals surface area contributed by atoms with Crippen LogP contribution in [-0.2, 0) is 0 Å². The molecule has 108 valence electrons. The Morgan fingerprint density at radius 1 is 1.29 bits per heavy atom. The maximum absolute atomic E-state index is 8.98. The lowest BCUT2D eigenvalue weighted by molar-refractivity contribution is 0.244. The van der Waals surface area contributed by atoms with Crippen molar-refractivity contribution in [2.75, 3.05) is 18.5 Å². The van der Waals surface area contributed by atoms with Crippen LogP contribution in [0.3, 0.4) is 0 Å². The second kappa shape index (κ2) is 7.27. The van der Waals surface area contributed by atoms with E-state index >= 15 is 0 Å². The van der Waals surface area contributed by atoms with Crippen molar-refractivity contribution < 1.29 is 9.84 Å². The van der Waals surface area contributed by atoms with Gasteiger partial charge in [-0.1, -0.05) is 6.92 Å². The van der Waals surface area contributed by atoms with Gasteiger partial charge < -0.3 is 15.2 Å². The smallest absolute Gasteiger partial charge is 0.144 e. The number of ether oxygens (including phenoxy) is 1. The summed E-state index contributed by atoms with van der Waals surface area (Å²) in [4.78, 5) is 3.89. The minimum absolute atomic E-state index is 0.164. The van der Waals surface area contributed by atoms with Crippen LogP contribution in [0.1, 0.15) is 12.6 Å². The van der Waals surface area contributed by atoms with Gasteiger partial charge in [-0.25, -0.2) is 4.98 Å². The summed E-state index contributed by atoms with van der Waals surface area (Å²) >= 11 is 0. The zero-order valence-corrected chi connectivity index (χ0v) is 11.8. The fourth-order valence-corrected chi connectivity index (χ4v) is 1.67. The molecular weight excluding hydrogens is 266 g/mol. The number of nitrogens with one attached hydrogen (secondary N) is 1. The number of aliphatic hydroxyl groups excluding tert-OH is 1. The first-order valence-electron chi connectivity index (χ1n) is 6.70. The molecule has 1 atom stereocenters. The molecular formula is C16H17N3O2. The van der Waals surface area contributed by atoms with Gasteiger partial charge in [0.05, 0.1) is 0 Å². The maximum Gasteiger partial charge on any atom is 0.144 e. The summed E-state index contributed by atoms with van der Waals surface area (Å²) in [5.41, 5.74) is 1.29. The van der Waals surface area contributed by atoms with Crippen molar-refractivity contribution >= 4 is 5.69 Å². The van der Waals surface area contributed by atoms with E-state index in [9.17, 15) is 0 Å². The SMILES string of the molecule is CC(CO)CNc1ccc(Oc2ccnc(C#N)c2)cc1. The molecule has 2 N–H and O–H groups in total. The number of aliphatic hydroxyl groups is 1. The van der Waals surface area contributed by atoms with E-state index in [0.717, 1.165) is 5.69 Å². The lowest BCUT2D eigenvalue weighted by Crippen LogP contribution is -2.14. The highest BCUT2D eigenvalue weighted by atomic mass is 16.5. The number of nitrogens with zero attached hydrogens (tertiary/aromatic N) is 2. The summed E-state index contributed by atoms with van der Waals surface area (Å²) in [6, 6.07) is 12.8. The van der Waals surface area contributed by atoms with Crippen LogP contribution >= 0.6 is 0 Å². The van der Waals surface area contributed by atoms with E-state index in [0.29, 0.717) is 23.7 Å². The van der Waals surface area contributed by atoms with Crippen LogP contribution in [0.5, 0.6) is 11.5 Å². The number of nitriles is 1. The molecule has 0 spiro atoms. The van der Waals surface area contributed by atoms with Gasteiger partial charge in [-0.3, -0.25) is 0 Å². The molecule has 1 aromatic carbocycles. The molecule has 0 aliphatic carbocycles. The van der Waals surface area contributed by atoms with Gasteiger partial charge in [0.25, 0.3) is 0 Å². The van der Waals surface area contributed by atoms with Crippen LogP contribution in [-0.4, -0.2) is 23.2 Å². The van der Waals surface area contributed by atoms with Crippen LogP contribution in [0.2, 0.25) is 0 Å². The summed E-state index contributed by atoms with van der Waals surface area (Å²) in [5.74, 6) is 1.48. The Morgan fingerprint density at radius 3 is 2.71 bits per heavy atom. The highest BCUT2D eigenvalue weighted by Gasteiger charge is 2.02. The van der Waals surface area contributed by atoms with Crippen molar-refractivity contribution in [1.82, 2.24) is 4.98 Å². The Balaban J connectivity index is 1.97. The van der Waals surface area contributed by atoms with E-state index in [1.807, 2.05) is 37.3 Å². The predicted molar refractivity (Wildman–Crippen MR) is 80.2 cm³/mol. The molecule has 21 heavy (non-hydrogen) atoms. The lowest BCUT2D eigenvalue weighted by Gasteiger charge is -2.11. The van der Waals surface area contributed by atoms with Crippen LogP contribution in [0.25, 0.3) is 0 Å². The second-order valence-corrected chi connectivity index (χ2v) is 4.78. The Kier molecular flexibility index (Phi) is 5.13. The van der Waals surface area contributed by atoms with Crippen molar-refractivity contribution in [1.29, 1.82) is 5.26 Å². The monoisotopic (exact) mass is 283 g/mol. The number of rotatable bonds is 6. The number of aromatic nitrogens is 1. The first-order chi connectivity index (χ1) is 10.2. The molecule has 5 heteroatoms. The zero-order valence-electron chi connectivity index (χ0n) is 11.8. The minimum atomic E-state index is 0.164. The van der Waals surface area contributed by atoms with Gasteiger partial charge in [0.2, 0.25) is 0 Å². The number of hydrogen-bond acceptors (Lipinski definition) is 5. The molecule has 0 aliphatic rings. The molecule has 0 aliphatic heterocycles. The molecule has 0 saturated carbocycles. The highest BCUT2D eigenvalue weighted by molar-refractivity contribution is 5.47. The van der Waals surface area contributed by atoms with Gasteiger partial charge in [0.15, 0.2) is 0 Å². The van der Waals surface area contributed by atoms with Crippen LogP contribution in [0.4, 0.5) is 5.69 Å². The summed E-state index contributed by atoms with van der Waals surface area (Å²) in [7, 11) is 0. The Hall–Kier alpha value is -2.58. The fourth-order valence-electron chi connectivity index (χ4n) is 1.67. The third-order valence-electron chi connectivity index (χ3n) is 2.90. The van der Waals surface area contributed by atoms with Crippen LogP contribution < -0.4 is 10.1 Å². The number of pyridine rings is 1. The Bertz CT molecular complexity index is 620. The number of benzene rings is 1. The molecule has 0 radical (unpaired) electrons. The maximum atomic E-state index is 8.98. The lowest BCUT2D eigenvalue weighted by atomic mass is 10.2. The van der Waals surface area contributed by atoms with Crippen LogP contribution in [0.15, 0.2) is 42.6 Å². The second-order valence-electron chi connectivity index (χ2n) is 4.78. The Morgan fingerprint density at radius 2 is 2.05 bits per heavy atom. The average molecular weight is 283 g/mol. The Labute approximate surface area is 123 Å². The molecule has 0 amide bonds. The van der Waals surface area contributed by atoms with Gasteiger partial charge in [0.1, 0.15) is 23.3 Å². The van der Waals surface area contributed by atoms with Crippen molar-refractivity contribution in [2.45, 2.75) is 6.92 Å². The topological polar surface area (TPSA) is 78.2 Å². The first kappa shape index (κ1) is 14.8. The van der Waals surface area contributed by atoms with E-state index < -0.39 is 0 Å². The molecule has 0 bridgehead atoms. The third kappa shape index (κ3) is 4.48.